The van der Waals surface area contributed by atoms with Gasteiger partial charge in [0, 0.05) is 11.1 Å². The molecule has 0 aliphatic carbocycles. The maximum absolute atomic E-state index is 13.2. The van der Waals surface area contributed by atoms with Gasteiger partial charge >= 0.3 is 0 Å². The summed E-state index contributed by atoms with van der Waals surface area (Å²) in [5, 5.41) is 9.48. The molecule has 8 heteroatoms. The molecule has 4 rings (SSSR count). The lowest BCUT2D eigenvalue weighted by Crippen LogP contribution is -2.49. The average molecular weight is 410 g/mol. The van der Waals surface area contributed by atoms with Crippen molar-refractivity contribution >= 4 is 27.7 Å². The molecule has 0 aromatic heterocycles. The van der Waals surface area contributed by atoms with Gasteiger partial charge in [-0.05, 0) is 42.7 Å². The second kappa shape index (κ2) is 7.01. The molecule has 1 aromatic rings. The lowest BCUT2D eigenvalue weighted by atomic mass is 9.92. The molecular weight excluding hydrogens is 392 g/mol. The predicted molar refractivity (Wildman–Crippen MR) is 105 cm³/mol. The van der Waals surface area contributed by atoms with Gasteiger partial charge in [-0.3, -0.25) is 14.5 Å². The van der Waals surface area contributed by atoms with Gasteiger partial charge in [0.25, 0.3) is 11.8 Å². The Morgan fingerprint density at radius 1 is 1.24 bits per heavy atom. The minimum absolute atomic E-state index is 0.0753. The third-order valence-corrected chi connectivity index (χ3v) is 7.08. The number of carbonyl (C=O) groups excluding carboxylic acids is 2. The van der Waals surface area contributed by atoms with E-state index in [4.69, 9.17) is 4.74 Å². The molecule has 0 N–H and O–H groups in total. The van der Waals surface area contributed by atoms with E-state index in [0.29, 0.717) is 5.57 Å². The van der Waals surface area contributed by atoms with E-state index in [1.807, 2.05) is 36.4 Å². The fraction of sp³-hybridized carbons (Fsp3) is 0.286. The minimum atomic E-state index is -3.30. The largest absolute Gasteiger partial charge is 0.488 e. The van der Waals surface area contributed by atoms with Crippen LogP contribution in [0.2, 0.25) is 0 Å². The first kappa shape index (κ1) is 19.2. The Bertz CT molecular complexity index is 1170. The number of sulfone groups is 1. The standard InChI is InChI=1S/C21H18N2O5S/c1-13-17(9-14-8-15-4-2-3-5-19(15)28-11-14)20(24)23(21(25)18(13)10-22)16-6-7-29(26,27)12-16/h2-5,8-9,16H,6-7,11-12H2,1H3/b17-9+/t16-/m1/s1. The summed E-state index contributed by atoms with van der Waals surface area (Å²) in [6, 6.07) is 8.60. The molecule has 148 valence electrons. The van der Waals surface area contributed by atoms with E-state index in [9.17, 15) is 23.3 Å². The molecule has 3 heterocycles. The minimum Gasteiger partial charge on any atom is -0.488 e. The Hall–Kier alpha value is -3.18. The smallest absolute Gasteiger partial charge is 0.271 e. The van der Waals surface area contributed by atoms with Crippen LogP contribution in [0.5, 0.6) is 5.75 Å². The van der Waals surface area contributed by atoms with Crippen LogP contribution in [0, 0.1) is 11.3 Å². The van der Waals surface area contributed by atoms with Crippen molar-refractivity contribution in [1.82, 2.24) is 4.90 Å². The van der Waals surface area contributed by atoms with E-state index in [1.54, 1.807) is 13.0 Å². The van der Waals surface area contributed by atoms with Crippen LogP contribution in [-0.2, 0) is 19.4 Å². The number of hydrogen-bond donors (Lipinski definition) is 0. The number of carbonyl (C=O) groups is 2. The van der Waals surface area contributed by atoms with Gasteiger partial charge < -0.3 is 4.74 Å². The lowest BCUT2D eigenvalue weighted by Gasteiger charge is -2.31. The summed E-state index contributed by atoms with van der Waals surface area (Å²) < 4.78 is 29.4. The van der Waals surface area contributed by atoms with Crippen molar-refractivity contribution in [2.24, 2.45) is 0 Å². The van der Waals surface area contributed by atoms with Crippen LogP contribution in [0.15, 0.2) is 52.6 Å². The van der Waals surface area contributed by atoms with Gasteiger partial charge in [-0.1, -0.05) is 18.2 Å². The highest BCUT2D eigenvalue weighted by Gasteiger charge is 2.43. The Morgan fingerprint density at radius 3 is 2.69 bits per heavy atom. The van der Waals surface area contributed by atoms with E-state index in [2.05, 4.69) is 0 Å². The van der Waals surface area contributed by atoms with E-state index >= 15 is 0 Å². The summed E-state index contributed by atoms with van der Waals surface area (Å²) >= 11 is 0. The fourth-order valence-electron chi connectivity index (χ4n) is 3.81. The van der Waals surface area contributed by atoms with Gasteiger partial charge in [-0.15, -0.1) is 0 Å². The third-order valence-electron chi connectivity index (χ3n) is 5.33. The van der Waals surface area contributed by atoms with Crippen LogP contribution in [0.4, 0.5) is 0 Å². The Kier molecular flexibility index (Phi) is 4.63. The Balaban J connectivity index is 1.77. The molecule has 1 atom stereocenters. The van der Waals surface area contributed by atoms with Crippen LogP contribution < -0.4 is 4.74 Å². The first-order valence-corrected chi connectivity index (χ1v) is 11.0. The maximum Gasteiger partial charge on any atom is 0.271 e. The Labute approximate surface area is 168 Å². The van der Waals surface area contributed by atoms with Crippen molar-refractivity contribution in [2.75, 3.05) is 18.1 Å². The fourth-order valence-corrected chi connectivity index (χ4v) is 5.51. The highest BCUT2D eigenvalue weighted by Crippen LogP contribution is 2.32. The number of hydrogen-bond acceptors (Lipinski definition) is 6. The number of amides is 2. The van der Waals surface area contributed by atoms with E-state index in [1.165, 1.54) is 0 Å². The second-order valence-corrected chi connectivity index (χ2v) is 9.48. The molecule has 0 bridgehead atoms. The molecule has 0 saturated carbocycles. The van der Waals surface area contributed by atoms with Gasteiger partial charge in [0.1, 0.15) is 24.0 Å². The number of ether oxygens (including phenoxy) is 1. The van der Waals surface area contributed by atoms with Gasteiger partial charge in [0.2, 0.25) is 0 Å². The number of para-hydroxylation sites is 1. The number of imide groups is 1. The van der Waals surface area contributed by atoms with Gasteiger partial charge in [-0.25, -0.2) is 8.42 Å². The molecule has 1 fully saturated rings. The van der Waals surface area contributed by atoms with Crippen LogP contribution in [0.1, 0.15) is 18.9 Å². The van der Waals surface area contributed by atoms with Gasteiger partial charge in [0.15, 0.2) is 9.84 Å². The summed E-state index contributed by atoms with van der Waals surface area (Å²) in [6.07, 6.45) is 3.69. The first-order chi connectivity index (χ1) is 13.8. The lowest BCUT2D eigenvalue weighted by molar-refractivity contribution is -0.142. The van der Waals surface area contributed by atoms with Crippen LogP contribution in [0.25, 0.3) is 6.08 Å². The number of rotatable bonds is 2. The molecule has 0 unspecified atom stereocenters. The summed E-state index contributed by atoms with van der Waals surface area (Å²) in [5.74, 6) is -0.910. The molecule has 0 radical (unpaired) electrons. The molecule has 3 aliphatic heterocycles. The highest BCUT2D eigenvalue weighted by atomic mass is 32.2. The van der Waals surface area contributed by atoms with Crippen molar-refractivity contribution in [3.63, 3.8) is 0 Å². The number of fused-ring (bicyclic) bond motifs is 1. The summed E-state index contributed by atoms with van der Waals surface area (Å²) in [6.45, 7) is 1.80. The maximum atomic E-state index is 13.2. The van der Waals surface area contributed by atoms with Crippen LogP contribution in [-0.4, -0.2) is 49.3 Å². The monoisotopic (exact) mass is 410 g/mol. The molecule has 7 nitrogen and oxygen atoms in total. The van der Waals surface area contributed by atoms with Crippen molar-refractivity contribution < 1.29 is 22.7 Å². The molecule has 1 aromatic carbocycles. The zero-order valence-electron chi connectivity index (χ0n) is 15.7. The summed E-state index contributed by atoms with van der Waals surface area (Å²) in [4.78, 5) is 26.8. The molecule has 29 heavy (non-hydrogen) atoms. The second-order valence-electron chi connectivity index (χ2n) is 7.25. The van der Waals surface area contributed by atoms with Crippen molar-refractivity contribution in [3.8, 4) is 11.8 Å². The first-order valence-electron chi connectivity index (χ1n) is 9.14. The molecular formula is C21H18N2O5S. The van der Waals surface area contributed by atoms with E-state index in [0.717, 1.165) is 21.8 Å². The number of nitriles is 1. The highest BCUT2D eigenvalue weighted by molar-refractivity contribution is 7.91. The van der Waals surface area contributed by atoms with E-state index in [-0.39, 0.29) is 35.7 Å². The summed E-state index contributed by atoms with van der Waals surface area (Å²) in [5.41, 5.74) is 1.94. The zero-order chi connectivity index (χ0) is 20.8. The average Bonchev–Trinajstić information content (AvgIpc) is 3.05. The SMILES string of the molecule is CC1=C(C#N)C(=O)N([C@@H]2CCS(=O)(=O)C2)C(=O)/C1=C/C1=Cc2ccccc2OC1. The van der Waals surface area contributed by atoms with Crippen molar-refractivity contribution in [1.29, 1.82) is 5.26 Å². The predicted octanol–water partition coefficient (Wildman–Crippen LogP) is 1.78. The quantitative estimate of drug-likeness (QED) is 0.544. The normalized spacial score (nSPS) is 24.8. The van der Waals surface area contributed by atoms with Gasteiger partial charge in [-0.2, -0.15) is 5.26 Å². The molecule has 3 aliphatic rings. The van der Waals surface area contributed by atoms with Crippen molar-refractivity contribution in [2.45, 2.75) is 19.4 Å². The van der Waals surface area contributed by atoms with Crippen LogP contribution in [0.3, 0.4) is 0 Å². The zero-order valence-corrected chi connectivity index (χ0v) is 16.5. The molecule has 2 amide bonds. The van der Waals surface area contributed by atoms with Crippen molar-refractivity contribution in [3.05, 3.63) is 58.2 Å². The molecule has 1 saturated heterocycles. The van der Waals surface area contributed by atoms with Crippen LogP contribution >= 0.6 is 0 Å². The number of benzene rings is 1. The topological polar surface area (TPSA) is 105 Å². The Morgan fingerprint density at radius 2 is 2.00 bits per heavy atom. The van der Waals surface area contributed by atoms with E-state index < -0.39 is 27.7 Å². The summed E-state index contributed by atoms with van der Waals surface area (Å²) in [7, 11) is -3.30. The molecule has 0 spiro atoms. The van der Waals surface area contributed by atoms with Gasteiger partial charge in [0.05, 0.1) is 17.5 Å². The number of nitrogens with zero attached hydrogens (tertiary/aromatic N) is 2. The third kappa shape index (κ3) is 3.38.